The van der Waals surface area contributed by atoms with Crippen molar-refractivity contribution in [3.63, 3.8) is 0 Å². The summed E-state index contributed by atoms with van der Waals surface area (Å²) in [6.07, 6.45) is 2.16. The monoisotopic (exact) mass is 147 g/mol. The average molecular weight is 147 g/mol. The predicted octanol–water partition coefficient (Wildman–Crippen LogP) is -0.362. The lowest BCUT2D eigenvalue weighted by atomic mass is 10.4. The highest BCUT2D eigenvalue weighted by Crippen LogP contribution is 2.11. The Morgan fingerprint density at radius 1 is 1.33 bits per heavy atom. The minimum absolute atomic E-state index is 0.714. The first-order chi connectivity index (χ1) is 4.30. The summed E-state index contributed by atoms with van der Waals surface area (Å²) in [5.74, 6) is -1.18. The van der Waals surface area contributed by atoms with Gasteiger partial charge >= 0.3 is 0 Å². The number of aliphatic hydroxyl groups is 2. The van der Waals surface area contributed by atoms with Crippen molar-refractivity contribution in [1.29, 1.82) is 0 Å². The molecule has 3 nitrogen and oxygen atoms in total. The van der Waals surface area contributed by atoms with E-state index in [0.29, 0.717) is 6.61 Å². The van der Waals surface area contributed by atoms with Crippen molar-refractivity contribution in [2.45, 2.75) is 24.8 Å². The SMILES string of the molecule is OC(O)[Si]1CCCCO1. The Morgan fingerprint density at radius 2 is 2.11 bits per heavy atom. The molecule has 1 aliphatic heterocycles. The van der Waals surface area contributed by atoms with Crippen molar-refractivity contribution in [3.05, 3.63) is 0 Å². The van der Waals surface area contributed by atoms with Gasteiger partial charge in [-0.05, 0) is 12.5 Å². The van der Waals surface area contributed by atoms with E-state index < -0.39 is 15.0 Å². The maximum Gasteiger partial charge on any atom is 0.275 e. The van der Waals surface area contributed by atoms with Crippen molar-refractivity contribution in [2.24, 2.45) is 0 Å². The van der Waals surface area contributed by atoms with Crippen LogP contribution < -0.4 is 0 Å². The van der Waals surface area contributed by atoms with Gasteiger partial charge in [-0.1, -0.05) is 6.42 Å². The Bertz CT molecular complexity index is 80.3. The van der Waals surface area contributed by atoms with Crippen molar-refractivity contribution < 1.29 is 14.6 Å². The molecule has 0 aromatic rings. The van der Waals surface area contributed by atoms with Gasteiger partial charge in [-0.2, -0.15) is 0 Å². The summed E-state index contributed by atoms with van der Waals surface area (Å²) in [6.45, 7) is 0.714. The molecule has 0 aromatic carbocycles. The van der Waals surface area contributed by atoms with Crippen LogP contribution in [0.25, 0.3) is 0 Å². The molecule has 1 aliphatic rings. The molecule has 2 N–H and O–H groups in total. The van der Waals surface area contributed by atoms with Crippen molar-refractivity contribution in [3.8, 4) is 0 Å². The fourth-order valence-electron chi connectivity index (χ4n) is 0.880. The van der Waals surface area contributed by atoms with E-state index in [4.69, 9.17) is 14.6 Å². The quantitative estimate of drug-likeness (QED) is 0.393. The van der Waals surface area contributed by atoms with E-state index in [2.05, 4.69) is 0 Å². The maximum atomic E-state index is 8.65. The highest BCUT2D eigenvalue weighted by molar-refractivity contribution is 6.52. The van der Waals surface area contributed by atoms with E-state index in [1.54, 1.807) is 0 Å². The summed E-state index contributed by atoms with van der Waals surface area (Å²) in [6, 6.07) is 0.877. The second-order valence-electron chi connectivity index (χ2n) is 2.15. The molecule has 1 rings (SSSR count). The molecule has 0 amide bonds. The normalized spacial score (nSPS) is 23.0. The lowest BCUT2D eigenvalue weighted by Crippen LogP contribution is -2.36. The van der Waals surface area contributed by atoms with Gasteiger partial charge in [0.1, 0.15) is 0 Å². The topological polar surface area (TPSA) is 49.7 Å². The van der Waals surface area contributed by atoms with Crippen LogP contribution in [0.1, 0.15) is 12.8 Å². The van der Waals surface area contributed by atoms with Gasteiger partial charge in [0.2, 0.25) is 0 Å². The summed E-state index contributed by atoms with van der Waals surface area (Å²) in [5, 5.41) is 17.3. The zero-order valence-electron chi connectivity index (χ0n) is 5.21. The van der Waals surface area contributed by atoms with Gasteiger partial charge in [-0.3, -0.25) is 0 Å². The fourth-order valence-corrected chi connectivity index (χ4v) is 2.44. The zero-order chi connectivity index (χ0) is 6.69. The van der Waals surface area contributed by atoms with Crippen molar-refractivity contribution >= 4 is 9.04 Å². The maximum absolute atomic E-state index is 8.65. The molecule has 4 heteroatoms. The first kappa shape index (κ1) is 7.21. The number of hydrogen-bond donors (Lipinski definition) is 2. The average Bonchev–Trinajstić information content (AvgIpc) is 1.90. The summed E-state index contributed by atoms with van der Waals surface area (Å²) in [4.78, 5) is 0. The first-order valence-corrected chi connectivity index (χ1v) is 4.84. The molecule has 0 bridgehead atoms. The fraction of sp³-hybridized carbons (Fsp3) is 1.00. The summed E-state index contributed by atoms with van der Waals surface area (Å²) in [7, 11) is -1.25. The van der Waals surface area contributed by atoms with Crippen LogP contribution in [0.4, 0.5) is 0 Å². The molecule has 0 saturated carbocycles. The predicted molar refractivity (Wildman–Crippen MR) is 34.0 cm³/mol. The summed E-state index contributed by atoms with van der Waals surface area (Å²) in [5.41, 5.74) is 0. The van der Waals surface area contributed by atoms with Crippen LogP contribution in [0.3, 0.4) is 0 Å². The molecule has 1 heterocycles. The second kappa shape index (κ2) is 3.31. The highest BCUT2D eigenvalue weighted by atomic mass is 28.3. The number of hydrogen-bond acceptors (Lipinski definition) is 3. The van der Waals surface area contributed by atoms with Crippen molar-refractivity contribution in [2.75, 3.05) is 6.61 Å². The number of aliphatic hydroxyl groups excluding tert-OH is 1. The third kappa shape index (κ3) is 2.06. The Labute approximate surface area is 56.0 Å². The van der Waals surface area contributed by atoms with Gasteiger partial charge in [-0.25, -0.2) is 0 Å². The third-order valence-electron chi connectivity index (χ3n) is 1.39. The smallest absolute Gasteiger partial charge is 0.275 e. The van der Waals surface area contributed by atoms with Gasteiger partial charge in [-0.15, -0.1) is 0 Å². The Hall–Kier alpha value is 0.0969. The lowest BCUT2D eigenvalue weighted by Gasteiger charge is -2.20. The standard InChI is InChI=1S/C5H11O3Si/c6-5(7)9-4-2-1-3-8-9/h5-7H,1-4H2. The molecule has 0 atom stereocenters. The number of rotatable bonds is 1. The van der Waals surface area contributed by atoms with Crippen LogP contribution >= 0.6 is 0 Å². The minimum atomic E-state index is -1.25. The van der Waals surface area contributed by atoms with Gasteiger partial charge in [0.25, 0.3) is 9.04 Å². The van der Waals surface area contributed by atoms with Crippen molar-refractivity contribution in [1.82, 2.24) is 0 Å². The molecule has 0 aromatic heterocycles. The zero-order valence-corrected chi connectivity index (χ0v) is 6.21. The van der Waals surface area contributed by atoms with Crippen LogP contribution in [0.2, 0.25) is 6.04 Å². The Balaban J connectivity index is 2.23. The molecular weight excluding hydrogens is 136 g/mol. The van der Waals surface area contributed by atoms with E-state index in [-0.39, 0.29) is 0 Å². The van der Waals surface area contributed by atoms with Gasteiger partial charge in [0, 0.05) is 6.61 Å². The molecule has 0 aliphatic carbocycles. The minimum Gasteiger partial charge on any atom is -0.411 e. The third-order valence-corrected chi connectivity index (χ3v) is 3.39. The molecule has 1 saturated heterocycles. The molecule has 0 spiro atoms. The largest absolute Gasteiger partial charge is 0.411 e. The van der Waals surface area contributed by atoms with Gasteiger partial charge < -0.3 is 14.6 Å². The molecular formula is C5H11O3Si. The second-order valence-corrected chi connectivity index (χ2v) is 4.38. The molecule has 53 valence electrons. The molecule has 1 radical (unpaired) electrons. The van der Waals surface area contributed by atoms with E-state index in [1.165, 1.54) is 0 Å². The summed E-state index contributed by atoms with van der Waals surface area (Å²) >= 11 is 0. The van der Waals surface area contributed by atoms with Gasteiger partial charge in [0.05, 0.1) is 0 Å². The Kier molecular flexibility index (Phi) is 2.65. The molecule has 1 fully saturated rings. The van der Waals surface area contributed by atoms with Gasteiger partial charge in [0.15, 0.2) is 5.91 Å². The Morgan fingerprint density at radius 3 is 2.44 bits per heavy atom. The van der Waals surface area contributed by atoms with Crippen LogP contribution in [0.5, 0.6) is 0 Å². The van der Waals surface area contributed by atoms with E-state index in [9.17, 15) is 0 Å². The van der Waals surface area contributed by atoms with Crippen LogP contribution in [0.15, 0.2) is 0 Å². The first-order valence-electron chi connectivity index (χ1n) is 3.15. The van der Waals surface area contributed by atoms with E-state index in [0.717, 1.165) is 18.9 Å². The van der Waals surface area contributed by atoms with E-state index in [1.807, 2.05) is 0 Å². The van der Waals surface area contributed by atoms with Crippen LogP contribution in [0, 0.1) is 0 Å². The van der Waals surface area contributed by atoms with E-state index >= 15 is 0 Å². The van der Waals surface area contributed by atoms with Crippen LogP contribution in [-0.4, -0.2) is 31.8 Å². The molecule has 0 unspecified atom stereocenters. The summed E-state index contributed by atoms with van der Waals surface area (Å²) < 4.78 is 5.14. The lowest BCUT2D eigenvalue weighted by molar-refractivity contribution is 0.00707. The highest BCUT2D eigenvalue weighted by Gasteiger charge is 2.23. The van der Waals surface area contributed by atoms with Crippen LogP contribution in [-0.2, 0) is 4.43 Å². The molecule has 9 heavy (non-hydrogen) atoms.